The minimum Gasteiger partial charge on any atom is -0.481 e. The summed E-state index contributed by atoms with van der Waals surface area (Å²) in [5, 5.41) is 18.7. The lowest BCUT2D eigenvalue weighted by Crippen LogP contribution is -2.06. The molecule has 5 heteroatoms. The molecule has 3 nitrogen and oxygen atoms in total. The lowest BCUT2D eigenvalue weighted by atomic mass is 10.1. The molecule has 0 aliphatic carbocycles. The van der Waals surface area contributed by atoms with Gasteiger partial charge in [0.1, 0.15) is 0 Å². The lowest BCUT2D eigenvalue weighted by Gasteiger charge is -2.11. The minimum absolute atomic E-state index is 0.195. The second-order valence-corrected chi connectivity index (χ2v) is 8.78. The van der Waals surface area contributed by atoms with E-state index < -0.39 is 5.97 Å². The van der Waals surface area contributed by atoms with Crippen molar-refractivity contribution in [1.29, 1.82) is 0 Å². The number of aliphatic hydroxyl groups is 1. The van der Waals surface area contributed by atoms with Crippen molar-refractivity contribution in [2.45, 2.75) is 96.5 Å². The summed E-state index contributed by atoms with van der Waals surface area (Å²) >= 11 is 4.79. The van der Waals surface area contributed by atoms with Crippen molar-refractivity contribution in [3.05, 3.63) is 7.16 Å². The molecule has 0 saturated carbocycles. The number of allylic oxidation sites excluding steroid dienone is 1. The summed E-state index contributed by atoms with van der Waals surface area (Å²) in [6.45, 7) is 2.20. The molecule has 0 amide bonds. The molecule has 0 bridgehead atoms. The van der Waals surface area contributed by atoms with Gasteiger partial charge in [-0.2, -0.15) is 0 Å². The van der Waals surface area contributed by atoms with Gasteiger partial charge in [0.05, 0.1) is 6.10 Å². The van der Waals surface area contributed by atoms with Crippen LogP contribution in [0.15, 0.2) is 7.16 Å². The number of hydrogen-bond acceptors (Lipinski definition) is 2. The smallest absolute Gasteiger partial charge is 0.303 e. The van der Waals surface area contributed by atoms with E-state index in [9.17, 15) is 9.90 Å². The van der Waals surface area contributed by atoms with E-state index in [1.165, 1.54) is 26.4 Å². The topological polar surface area (TPSA) is 57.5 Å². The predicted octanol–water partition coefficient (Wildman–Crippen LogP) is 6.60. The fourth-order valence-corrected chi connectivity index (χ4v) is 3.83. The van der Waals surface area contributed by atoms with E-state index in [0.717, 1.165) is 57.8 Å². The van der Waals surface area contributed by atoms with Gasteiger partial charge in [-0.15, -0.1) is 0 Å². The van der Waals surface area contributed by atoms with E-state index in [4.69, 9.17) is 5.11 Å². The minimum atomic E-state index is -0.690. The molecule has 0 aliphatic rings. The molecule has 1 atom stereocenters. The van der Waals surface area contributed by atoms with E-state index >= 15 is 0 Å². The maximum atomic E-state index is 10.4. The number of aliphatic carboxylic acids is 1. The van der Waals surface area contributed by atoms with Crippen LogP contribution in [0.25, 0.3) is 0 Å². The molecule has 0 radical (unpaired) electrons. The van der Waals surface area contributed by atoms with E-state index in [1.807, 2.05) is 0 Å². The number of halogens is 2. The molecule has 2 N–H and O–H groups in total. The number of carbonyl (C=O) groups is 1. The van der Waals surface area contributed by atoms with E-state index in [-0.39, 0.29) is 6.10 Å². The summed E-state index contributed by atoms with van der Waals surface area (Å²) in [6, 6.07) is 0. The summed E-state index contributed by atoms with van der Waals surface area (Å²) in [7, 11) is 0. The second kappa shape index (κ2) is 16.1. The molecule has 23 heavy (non-hydrogen) atoms. The third-order valence-corrected chi connectivity index (χ3v) is 7.20. The van der Waals surface area contributed by atoms with Crippen LogP contribution in [0.4, 0.5) is 0 Å². The quantitative estimate of drug-likeness (QED) is 0.178. The van der Waals surface area contributed by atoms with Crippen LogP contribution >= 0.6 is 45.2 Å². The molecule has 1 unspecified atom stereocenters. The summed E-state index contributed by atoms with van der Waals surface area (Å²) in [5.41, 5.74) is 0. The average molecular weight is 550 g/mol. The summed E-state index contributed by atoms with van der Waals surface area (Å²) in [5.74, 6) is -0.690. The number of hydrogen-bond donors (Lipinski definition) is 2. The third-order valence-electron chi connectivity index (χ3n) is 3.89. The van der Waals surface area contributed by atoms with Crippen molar-refractivity contribution in [1.82, 2.24) is 0 Å². The van der Waals surface area contributed by atoms with Gasteiger partial charge in [0.25, 0.3) is 0 Å². The average Bonchev–Trinajstić information content (AvgIpc) is 2.50. The third kappa shape index (κ3) is 15.9. The number of carboxylic acids is 1. The SMILES string of the molecule is CCCCCCC(O)CC(I)=C(I)CCCCCCCC(=O)O. The molecule has 0 saturated heterocycles. The van der Waals surface area contributed by atoms with Crippen LogP contribution in [-0.4, -0.2) is 22.3 Å². The first-order chi connectivity index (χ1) is 11.0. The van der Waals surface area contributed by atoms with Crippen molar-refractivity contribution in [3.8, 4) is 0 Å². The van der Waals surface area contributed by atoms with Crippen molar-refractivity contribution in [3.63, 3.8) is 0 Å². The lowest BCUT2D eigenvalue weighted by molar-refractivity contribution is -0.137. The standard InChI is InChI=1S/C18H32I2O3/c1-2-3-4-8-11-15(21)14-17(20)16(19)12-9-6-5-7-10-13-18(22)23/h15,21H,2-14H2,1H3,(H,22,23). The Kier molecular flexibility index (Phi) is 16.6. The van der Waals surface area contributed by atoms with Crippen LogP contribution in [0.5, 0.6) is 0 Å². The molecule has 0 aliphatic heterocycles. The highest BCUT2D eigenvalue weighted by Crippen LogP contribution is 2.29. The van der Waals surface area contributed by atoms with Crippen LogP contribution < -0.4 is 0 Å². The van der Waals surface area contributed by atoms with Gasteiger partial charge in [-0.05, 0) is 74.4 Å². The van der Waals surface area contributed by atoms with Crippen LogP contribution in [0.1, 0.15) is 90.4 Å². The number of carboxylic acid groups (broad SMARTS) is 1. The van der Waals surface area contributed by atoms with Crippen LogP contribution in [0.2, 0.25) is 0 Å². The Hall–Kier alpha value is 0.630. The molecule has 0 aromatic heterocycles. The van der Waals surface area contributed by atoms with Gasteiger partial charge >= 0.3 is 5.97 Å². The summed E-state index contributed by atoms with van der Waals surface area (Å²) in [4.78, 5) is 10.4. The van der Waals surface area contributed by atoms with Crippen LogP contribution in [0.3, 0.4) is 0 Å². The first kappa shape index (κ1) is 23.6. The van der Waals surface area contributed by atoms with Gasteiger partial charge in [-0.1, -0.05) is 51.9 Å². The fraction of sp³-hybridized carbons (Fsp3) is 0.833. The molecule has 0 aromatic carbocycles. The van der Waals surface area contributed by atoms with Crippen molar-refractivity contribution < 1.29 is 15.0 Å². The second-order valence-electron chi connectivity index (χ2n) is 6.18. The number of unbranched alkanes of at least 4 members (excludes halogenated alkanes) is 7. The van der Waals surface area contributed by atoms with E-state index in [1.54, 1.807) is 0 Å². The predicted molar refractivity (Wildman–Crippen MR) is 114 cm³/mol. The maximum absolute atomic E-state index is 10.4. The molecule has 0 rings (SSSR count). The molecule has 136 valence electrons. The van der Waals surface area contributed by atoms with E-state index in [0.29, 0.717) is 6.42 Å². The fourth-order valence-electron chi connectivity index (χ4n) is 2.45. The molecular formula is C18H32I2O3. The normalized spacial score (nSPS) is 13.7. The van der Waals surface area contributed by atoms with Gasteiger partial charge in [0, 0.05) is 16.4 Å². The zero-order valence-corrected chi connectivity index (χ0v) is 18.6. The Morgan fingerprint density at radius 1 is 0.870 bits per heavy atom. The zero-order valence-electron chi connectivity index (χ0n) is 14.3. The van der Waals surface area contributed by atoms with Gasteiger partial charge in [0.2, 0.25) is 0 Å². The first-order valence-electron chi connectivity index (χ1n) is 8.90. The van der Waals surface area contributed by atoms with Gasteiger partial charge in [-0.25, -0.2) is 0 Å². The Morgan fingerprint density at radius 2 is 1.43 bits per heavy atom. The summed E-state index contributed by atoms with van der Waals surface area (Å²) < 4.78 is 2.68. The van der Waals surface area contributed by atoms with Gasteiger partial charge in [0.15, 0.2) is 0 Å². The van der Waals surface area contributed by atoms with Crippen molar-refractivity contribution in [2.24, 2.45) is 0 Å². The van der Waals surface area contributed by atoms with Gasteiger partial charge < -0.3 is 10.2 Å². The Labute approximate surface area is 169 Å². The Balaban J connectivity index is 3.73. The Bertz CT molecular complexity index is 343. The van der Waals surface area contributed by atoms with Crippen LogP contribution in [-0.2, 0) is 4.79 Å². The monoisotopic (exact) mass is 550 g/mol. The largest absolute Gasteiger partial charge is 0.481 e. The van der Waals surface area contributed by atoms with E-state index in [2.05, 4.69) is 52.1 Å². The molecule has 0 fully saturated rings. The molecule has 0 spiro atoms. The highest BCUT2D eigenvalue weighted by atomic mass is 127. The maximum Gasteiger partial charge on any atom is 0.303 e. The highest BCUT2D eigenvalue weighted by Gasteiger charge is 2.09. The van der Waals surface area contributed by atoms with Gasteiger partial charge in [-0.3, -0.25) is 4.79 Å². The number of aliphatic hydroxyl groups excluding tert-OH is 1. The number of rotatable bonds is 15. The zero-order chi connectivity index (χ0) is 17.5. The summed E-state index contributed by atoms with van der Waals surface area (Å²) in [6.07, 6.45) is 13.0. The Morgan fingerprint density at radius 3 is 2.04 bits per heavy atom. The molecular weight excluding hydrogens is 518 g/mol. The molecule has 0 aromatic rings. The highest BCUT2D eigenvalue weighted by molar-refractivity contribution is 14.1. The first-order valence-corrected chi connectivity index (χ1v) is 11.1. The van der Waals surface area contributed by atoms with Crippen molar-refractivity contribution >= 4 is 51.2 Å². The van der Waals surface area contributed by atoms with Crippen molar-refractivity contribution in [2.75, 3.05) is 0 Å². The van der Waals surface area contributed by atoms with Crippen LogP contribution in [0, 0.1) is 0 Å². The molecule has 0 heterocycles.